The second-order valence-corrected chi connectivity index (χ2v) is 4.64. The molecule has 0 bridgehead atoms. The average molecular weight is 358 g/mol. The zero-order valence-corrected chi connectivity index (χ0v) is 16.5. The molecular formula is C15H19N4NaO5. The number of carbonyl (C=O) groups excluding carboxylic acids is 1. The molecule has 0 radical (unpaired) electrons. The van der Waals surface area contributed by atoms with Gasteiger partial charge in [0.2, 0.25) is 0 Å². The Bertz CT molecular complexity index is 740. The zero-order valence-electron chi connectivity index (χ0n) is 14.5. The fraction of sp³-hybridized carbons (Fsp3) is 0.200. The van der Waals surface area contributed by atoms with Crippen LogP contribution in [-0.4, -0.2) is 39.6 Å². The van der Waals surface area contributed by atoms with Gasteiger partial charge < -0.3 is 26.8 Å². The molecule has 0 saturated carbocycles. The van der Waals surface area contributed by atoms with Gasteiger partial charge in [0.05, 0.1) is 18.2 Å². The average Bonchev–Trinajstić information content (AvgIpc) is 2.51. The van der Waals surface area contributed by atoms with Crippen LogP contribution < -0.4 is 41.0 Å². The van der Waals surface area contributed by atoms with Gasteiger partial charge in [-0.05, 0) is 37.1 Å². The number of aromatic carboxylic acids is 1. The van der Waals surface area contributed by atoms with Crippen molar-refractivity contribution in [3.05, 3.63) is 46.8 Å². The van der Waals surface area contributed by atoms with Crippen molar-refractivity contribution in [2.45, 2.75) is 13.8 Å². The van der Waals surface area contributed by atoms with Crippen LogP contribution >= 0.6 is 0 Å². The van der Waals surface area contributed by atoms with Crippen molar-refractivity contribution in [1.82, 2.24) is 9.97 Å². The third-order valence-corrected chi connectivity index (χ3v) is 2.88. The summed E-state index contributed by atoms with van der Waals surface area (Å²) in [6, 6.07) is 2.85. The number of carbonyl (C=O) groups is 2. The first-order valence-corrected chi connectivity index (χ1v) is 6.52. The molecule has 9 nitrogen and oxygen atoms in total. The maximum absolute atomic E-state index is 11.1. The standard InChI is InChI=1S/C8H10N2O2.C7H8N2O2.Na.H2O/c1-5-4-10-7(9)3-6(5)8(11)12-2;1-4-3-9-6(8)2-5(4)7(10)11;;/h3-4H,1-2H3,(H2,9,10);2-3H,1H3,(H2,8,9)(H,10,11);;1H2/q;;+1;/p-1. The Morgan fingerprint density at radius 3 is 1.76 bits per heavy atom. The molecular weight excluding hydrogens is 339 g/mol. The minimum Gasteiger partial charge on any atom is -0.870 e. The van der Waals surface area contributed by atoms with E-state index in [0.29, 0.717) is 16.9 Å². The number of carboxylic acids is 1. The predicted molar refractivity (Wildman–Crippen MR) is 87.0 cm³/mol. The van der Waals surface area contributed by atoms with E-state index in [-0.39, 0.29) is 52.4 Å². The monoisotopic (exact) mass is 358 g/mol. The van der Waals surface area contributed by atoms with Crippen molar-refractivity contribution in [3.63, 3.8) is 0 Å². The molecule has 0 aromatic carbocycles. The van der Waals surface area contributed by atoms with E-state index in [4.69, 9.17) is 16.6 Å². The molecule has 0 saturated heterocycles. The summed E-state index contributed by atoms with van der Waals surface area (Å²) in [6.45, 7) is 3.45. The number of aryl methyl sites for hydroxylation is 2. The van der Waals surface area contributed by atoms with Gasteiger partial charge in [-0.3, -0.25) is 0 Å². The van der Waals surface area contributed by atoms with Crippen LogP contribution in [0.15, 0.2) is 24.5 Å². The first kappa shape index (κ1) is 25.0. The summed E-state index contributed by atoms with van der Waals surface area (Å²) in [5.74, 6) is -0.813. The maximum atomic E-state index is 11.1. The van der Waals surface area contributed by atoms with Crippen molar-refractivity contribution in [3.8, 4) is 0 Å². The number of methoxy groups -OCH3 is 1. The third kappa shape index (κ3) is 7.48. The van der Waals surface area contributed by atoms with E-state index in [1.807, 2.05) is 0 Å². The van der Waals surface area contributed by atoms with Gasteiger partial charge in [0, 0.05) is 12.4 Å². The van der Waals surface area contributed by atoms with Crippen molar-refractivity contribution in [2.75, 3.05) is 18.6 Å². The van der Waals surface area contributed by atoms with Crippen LogP contribution in [0.3, 0.4) is 0 Å². The number of nitrogens with zero attached hydrogens (tertiary/aromatic N) is 2. The summed E-state index contributed by atoms with van der Waals surface area (Å²) in [7, 11) is 1.33. The Kier molecular flexibility index (Phi) is 11.4. The third-order valence-electron chi connectivity index (χ3n) is 2.88. The number of ether oxygens (including phenoxy) is 1. The molecule has 0 fully saturated rings. The summed E-state index contributed by atoms with van der Waals surface area (Å²) in [4.78, 5) is 29.1. The van der Waals surface area contributed by atoms with Gasteiger partial charge in [0.1, 0.15) is 11.6 Å². The molecule has 0 amide bonds. The summed E-state index contributed by atoms with van der Waals surface area (Å²) >= 11 is 0. The number of nitrogen functional groups attached to an aromatic ring is 2. The van der Waals surface area contributed by atoms with Gasteiger partial charge in [-0.1, -0.05) is 0 Å². The van der Waals surface area contributed by atoms with Gasteiger partial charge in [-0.15, -0.1) is 0 Å². The fourth-order valence-electron chi connectivity index (χ4n) is 1.64. The molecule has 0 atom stereocenters. The van der Waals surface area contributed by atoms with Crippen molar-refractivity contribution in [1.29, 1.82) is 0 Å². The molecule has 6 N–H and O–H groups in total. The second-order valence-electron chi connectivity index (χ2n) is 4.64. The van der Waals surface area contributed by atoms with Crippen LogP contribution in [0.5, 0.6) is 0 Å². The summed E-state index contributed by atoms with van der Waals surface area (Å²) < 4.78 is 4.55. The van der Waals surface area contributed by atoms with E-state index >= 15 is 0 Å². The number of aromatic nitrogens is 2. The smallest absolute Gasteiger partial charge is 0.870 e. The number of hydrogen-bond acceptors (Lipinski definition) is 8. The van der Waals surface area contributed by atoms with E-state index in [2.05, 4.69) is 14.7 Å². The Hall–Kier alpha value is -2.20. The van der Waals surface area contributed by atoms with Gasteiger partial charge in [-0.25, -0.2) is 19.6 Å². The molecule has 2 heterocycles. The summed E-state index contributed by atoms with van der Waals surface area (Å²) in [6.07, 6.45) is 2.99. The van der Waals surface area contributed by atoms with Gasteiger partial charge in [-0.2, -0.15) is 0 Å². The van der Waals surface area contributed by atoms with Crippen molar-refractivity contribution < 1.29 is 54.5 Å². The number of esters is 1. The van der Waals surface area contributed by atoms with E-state index in [1.165, 1.54) is 25.4 Å². The topological polar surface area (TPSA) is 171 Å². The summed E-state index contributed by atoms with van der Waals surface area (Å²) in [5, 5.41) is 8.61. The first-order chi connectivity index (χ1) is 10.8. The Morgan fingerprint density at radius 2 is 1.40 bits per heavy atom. The van der Waals surface area contributed by atoms with E-state index in [9.17, 15) is 9.59 Å². The van der Waals surface area contributed by atoms with Crippen LogP contribution in [-0.2, 0) is 4.74 Å². The number of hydrogen-bond donors (Lipinski definition) is 3. The van der Waals surface area contributed by atoms with Gasteiger partial charge >= 0.3 is 41.5 Å². The Labute approximate surface area is 167 Å². The molecule has 0 spiro atoms. The fourth-order valence-corrected chi connectivity index (χ4v) is 1.64. The maximum Gasteiger partial charge on any atom is 1.00 e. The molecule has 130 valence electrons. The van der Waals surface area contributed by atoms with E-state index in [0.717, 1.165) is 5.56 Å². The number of rotatable bonds is 2. The SMILES string of the molecule is COC(=O)c1cc(N)ncc1C.Cc1cnc(N)cc1C(=O)O.[Na+].[OH-]. The summed E-state index contributed by atoms with van der Waals surface area (Å²) in [5.41, 5.74) is 12.7. The zero-order chi connectivity index (χ0) is 17.6. The molecule has 2 aromatic rings. The first-order valence-electron chi connectivity index (χ1n) is 6.52. The number of carboxylic acid groups (broad SMARTS) is 1. The van der Waals surface area contributed by atoms with Crippen LogP contribution in [0.25, 0.3) is 0 Å². The van der Waals surface area contributed by atoms with Crippen LogP contribution in [0.1, 0.15) is 31.8 Å². The number of pyridine rings is 2. The van der Waals surface area contributed by atoms with Crippen molar-refractivity contribution >= 4 is 23.6 Å². The molecule has 0 aliphatic heterocycles. The quantitative estimate of drug-likeness (QED) is 0.416. The molecule has 0 aliphatic carbocycles. The van der Waals surface area contributed by atoms with Crippen molar-refractivity contribution in [2.24, 2.45) is 0 Å². The molecule has 10 heteroatoms. The van der Waals surface area contributed by atoms with Gasteiger partial charge in [0.15, 0.2) is 0 Å². The largest absolute Gasteiger partial charge is 1.00 e. The Balaban J connectivity index is 0. The number of anilines is 2. The van der Waals surface area contributed by atoms with Crippen LogP contribution in [0.4, 0.5) is 11.6 Å². The molecule has 2 aromatic heterocycles. The normalized spacial score (nSPS) is 8.76. The molecule has 25 heavy (non-hydrogen) atoms. The minimum atomic E-state index is -0.975. The predicted octanol–water partition coefficient (Wildman–Crippen LogP) is -1.74. The second kappa shape index (κ2) is 11.4. The Morgan fingerprint density at radius 1 is 1.00 bits per heavy atom. The van der Waals surface area contributed by atoms with Crippen LogP contribution in [0.2, 0.25) is 0 Å². The minimum absolute atomic E-state index is 0. The van der Waals surface area contributed by atoms with E-state index < -0.39 is 5.97 Å². The van der Waals surface area contributed by atoms with Gasteiger partial charge in [0.25, 0.3) is 0 Å². The van der Waals surface area contributed by atoms with Crippen LogP contribution in [0, 0.1) is 13.8 Å². The van der Waals surface area contributed by atoms with E-state index in [1.54, 1.807) is 20.0 Å². The molecule has 0 aliphatic rings. The number of nitrogens with two attached hydrogens (primary N) is 2. The molecule has 0 unspecified atom stereocenters. The molecule has 2 rings (SSSR count).